The van der Waals surface area contributed by atoms with Gasteiger partial charge in [-0.25, -0.2) is 0 Å². The molecule has 1 aliphatic heterocycles. The number of hydrogen-bond donors (Lipinski definition) is 2. The van der Waals surface area contributed by atoms with Crippen LogP contribution in [0.25, 0.3) is 0 Å². The summed E-state index contributed by atoms with van der Waals surface area (Å²) in [6, 6.07) is 1.90. The Labute approximate surface area is 64.8 Å². The second-order valence-electron chi connectivity index (χ2n) is 2.77. The van der Waals surface area contributed by atoms with Crippen molar-refractivity contribution in [2.45, 2.75) is 19.3 Å². The van der Waals surface area contributed by atoms with E-state index in [1.54, 1.807) is 0 Å². The maximum atomic E-state index is 11.0. The molecular formula is C8H10N2O. The molecule has 0 unspecified atom stereocenters. The third-order valence-corrected chi connectivity index (χ3v) is 1.94. The fourth-order valence-corrected chi connectivity index (χ4v) is 1.37. The van der Waals surface area contributed by atoms with Crippen LogP contribution in [0.4, 0.5) is 5.69 Å². The van der Waals surface area contributed by atoms with E-state index in [1.165, 1.54) is 0 Å². The summed E-state index contributed by atoms with van der Waals surface area (Å²) < 4.78 is 0. The zero-order chi connectivity index (χ0) is 7.68. The monoisotopic (exact) mass is 150 g/mol. The molecule has 2 N–H and O–H groups in total. The highest BCUT2D eigenvalue weighted by Gasteiger charge is 2.12. The summed E-state index contributed by atoms with van der Waals surface area (Å²) in [6.07, 6.45) is 4.42. The van der Waals surface area contributed by atoms with Gasteiger partial charge in [-0.2, -0.15) is 0 Å². The van der Waals surface area contributed by atoms with E-state index in [4.69, 9.17) is 0 Å². The number of aromatic nitrogens is 1. The third-order valence-electron chi connectivity index (χ3n) is 1.94. The Hall–Kier alpha value is -1.25. The van der Waals surface area contributed by atoms with E-state index in [0.29, 0.717) is 6.42 Å². The number of hydrogen-bond acceptors (Lipinski definition) is 1. The molecule has 0 spiro atoms. The Morgan fingerprint density at radius 3 is 3.18 bits per heavy atom. The average Bonchev–Trinajstić information content (AvgIpc) is 2.31. The zero-order valence-corrected chi connectivity index (χ0v) is 6.18. The van der Waals surface area contributed by atoms with Gasteiger partial charge in [0, 0.05) is 18.3 Å². The highest BCUT2D eigenvalue weighted by molar-refractivity contribution is 5.91. The Morgan fingerprint density at radius 1 is 1.36 bits per heavy atom. The van der Waals surface area contributed by atoms with E-state index in [-0.39, 0.29) is 5.91 Å². The molecule has 0 radical (unpaired) electrons. The van der Waals surface area contributed by atoms with Crippen LogP contribution in [-0.4, -0.2) is 10.9 Å². The van der Waals surface area contributed by atoms with Gasteiger partial charge in [0.05, 0.1) is 5.69 Å². The molecule has 1 aromatic rings. The molecule has 0 saturated heterocycles. The van der Waals surface area contributed by atoms with Crippen molar-refractivity contribution < 1.29 is 4.79 Å². The van der Waals surface area contributed by atoms with Crippen molar-refractivity contribution >= 4 is 11.6 Å². The fraction of sp³-hybridized carbons (Fsp3) is 0.375. The van der Waals surface area contributed by atoms with Crippen molar-refractivity contribution in [3.05, 3.63) is 18.0 Å². The summed E-state index contributed by atoms with van der Waals surface area (Å²) in [6.45, 7) is 0. The quantitative estimate of drug-likeness (QED) is 0.575. The van der Waals surface area contributed by atoms with Crippen LogP contribution >= 0.6 is 0 Å². The van der Waals surface area contributed by atoms with Gasteiger partial charge in [-0.15, -0.1) is 0 Å². The van der Waals surface area contributed by atoms with Gasteiger partial charge in [0.15, 0.2) is 0 Å². The van der Waals surface area contributed by atoms with Crippen molar-refractivity contribution in [2.75, 3.05) is 5.32 Å². The van der Waals surface area contributed by atoms with E-state index >= 15 is 0 Å². The highest BCUT2D eigenvalue weighted by atomic mass is 16.1. The first-order chi connectivity index (χ1) is 5.36. The van der Waals surface area contributed by atoms with Crippen LogP contribution < -0.4 is 5.32 Å². The number of rotatable bonds is 0. The number of nitrogens with one attached hydrogen (secondary N) is 2. The van der Waals surface area contributed by atoms with Crippen LogP contribution in [0.3, 0.4) is 0 Å². The lowest BCUT2D eigenvalue weighted by molar-refractivity contribution is -0.116. The minimum absolute atomic E-state index is 0.128. The van der Waals surface area contributed by atoms with Crippen LogP contribution in [0.5, 0.6) is 0 Å². The first kappa shape index (κ1) is 6.46. The molecular weight excluding hydrogens is 140 g/mol. The van der Waals surface area contributed by atoms with Crippen LogP contribution in [0.15, 0.2) is 12.3 Å². The molecule has 0 saturated carbocycles. The topological polar surface area (TPSA) is 44.9 Å². The summed E-state index contributed by atoms with van der Waals surface area (Å²) in [5, 5.41) is 2.83. The maximum Gasteiger partial charge on any atom is 0.224 e. The smallest absolute Gasteiger partial charge is 0.224 e. The second kappa shape index (κ2) is 2.42. The van der Waals surface area contributed by atoms with Crippen LogP contribution in [0.2, 0.25) is 0 Å². The van der Waals surface area contributed by atoms with Gasteiger partial charge >= 0.3 is 0 Å². The molecule has 0 fully saturated rings. The van der Waals surface area contributed by atoms with Gasteiger partial charge < -0.3 is 10.3 Å². The van der Waals surface area contributed by atoms with Gasteiger partial charge in [-0.1, -0.05) is 0 Å². The van der Waals surface area contributed by atoms with Crippen molar-refractivity contribution in [3.63, 3.8) is 0 Å². The van der Waals surface area contributed by atoms with Crippen molar-refractivity contribution in [1.29, 1.82) is 0 Å². The first-order valence-corrected chi connectivity index (χ1v) is 3.82. The van der Waals surface area contributed by atoms with Crippen molar-refractivity contribution in [2.24, 2.45) is 0 Å². The normalized spacial score (nSPS) is 16.9. The van der Waals surface area contributed by atoms with E-state index in [9.17, 15) is 4.79 Å². The predicted molar refractivity (Wildman–Crippen MR) is 42.4 cm³/mol. The molecule has 2 rings (SSSR count). The molecule has 2 heterocycles. The second-order valence-corrected chi connectivity index (χ2v) is 2.77. The summed E-state index contributed by atoms with van der Waals surface area (Å²) in [4.78, 5) is 14.1. The Morgan fingerprint density at radius 2 is 2.27 bits per heavy atom. The predicted octanol–water partition coefficient (Wildman–Crippen LogP) is 1.29. The molecule has 1 aliphatic rings. The lowest BCUT2D eigenvalue weighted by Crippen LogP contribution is -2.08. The minimum atomic E-state index is 0.128. The number of fused-ring (bicyclic) bond motifs is 1. The maximum absolute atomic E-state index is 11.0. The Balaban J connectivity index is 2.32. The average molecular weight is 150 g/mol. The first-order valence-electron chi connectivity index (χ1n) is 3.82. The molecule has 11 heavy (non-hydrogen) atoms. The molecule has 58 valence electrons. The molecule has 3 heteroatoms. The third kappa shape index (κ3) is 1.13. The lowest BCUT2D eigenvalue weighted by atomic mass is 10.2. The van der Waals surface area contributed by atoms with E-state index < -0.39 is 0 Å². The summed E-state index contributed by atoms with van der Waals surface area (Å²) in [5.41, 5.74) is 2.10. The molecule has 3 nitrogen and oxygen atoms in total. The van der Waals surface area contributed by atoms with Gasteiger partial charge in [0.2, 0.25) is 5.91 Å². The van der Waals surface area contributed by atoms with Gasteiger partial charge in [-0.05, 0) is 18.9 Å². The van der Waals surface area contributed by atoms with Crippen LogP contribution in [0, 0.1) is 0 Å². The number of amides is 1. The van der Waals surface area contributed by atoms with E-state index in [2.05, 4.69) is 10.3 Å². The number of carbonyl (C=O) groups is 1. The number of anilines is 1. The summed E-state index contributed by atoms with van der Waals surface area (Å²) in [7, 11) is 0. The van der Waals surface area contributed by atoms with Gasteiger partial charge in [-0.3, -0.25) is 4.79 Å². The van der Waals surface area contributed by atoms with Crippen molar-refractivity contribution in [3.8, 4) is 0 Å². The van der Waals surface area contributed by atoms with Gasteiger partial charge in [0.1, 0.15) is 0 Å². The number of aryl methyl sites for hydroxylation is 1. The number of H-pyrrole nitrogens is 1. The van der Waals surface area contributed by atoms with Crippen molar-refractivity contribution in [1.82, 2.24) is 4.98 Å². The minimum Gasteiger partial charge on any atom is -0.363 e. The summed E-state index contributed by atoms with van der Waals surface area (Å²) in [5.74, 6) is 0.128. The largest absolute Gasteiger partial charge is 0.363 e. The van der Waals surface area contributed by atoms with Crippen LogP contribution in [-0.2, 0) is 11.2 Å². The standard InChI is InChI=1S/C8H10N2O/c11-8-3-1-2-6-7(10-8)4-5-9-6/h4-5,9H,1-3H2,(H,10,11). The van der Waals surface area contributed by atoms with E-state index in [1.807, 2.05) is 12.3 Å². The zero-order valence-electron chi connectivity index (χ0n) is 6.18. The lowest BCUT2D eigenvalue weighted by Gasteiger charge is -1.97. The Kier molecular flexibility index (Phi) is 1.42. The number of aromatic amines is 1. The molecule has 0 atom stereocenters. The molecule has 1 amide bonds. The van der Waals surface area contributed by atoms with Crippen LogP contribution in [0.1, 0.15) is 18.5 Å². The molecule has 0 bridgehead atoms. The number of carbonyl (C=O) groups excluding carboxylic acids is 1. The summed E-state index contributed by atoms with van der Waals surface area (Å²) >= 11 is 0. The molecule has 1 aromatic heterocycles. The molecule has 0 aliphatic carbocycles. The Bertz CT molecular complexity index is 277. The fourth-order valence-electron chi connectivity index (χ4n) is 1.37. The van der Waals surface area contributed by atoms with Gasteiger partial charge in [0.25, 0.3) is 0 Å². The SMILES string of the molecule is O=C1CCCc2[nH]ccc2N1. The highest BCUT2D eigenvalue weighted by Crippen LogP contribution is 2.19. The van der Waals surface area contributed by atoms with E-state index in [0.717, 1.165) is 24.2 Å². The molecule has 0 aromatic carbocycles.